The maximum Gasteiger partial charge on any atom is 0.408 e. The first kappa shape index (κ1) is 18.8. The van der Waals surface area contributed by atoms with Crippen molar-refractivity contribution in [2.24, 2.45) is 0 Å². The van der Waals surface area contributed by atoms with E-state index in [0.29, 0.717) is 12.4 Å². The summed E-state index contributed by atoms with van der Waals surface area (Å²) in [6.45, 7) is 9.06. The third kappa shape index (κ3) is 6.18. The zero-order valence-electron chi connectivity index (χ0n) is 14.3. The number of ether oxygens (including phenoxy) is 2. The van der Waals surface area contributed by atoms with E-state index in [-0.39, 0.29) is 6.42 Å². The second-order valence-corrected chi connectivity index (χ2v) is 6.52. The number of alkyl carbamates (subject to hydrolysis) is 1. The van der Waals surface area contributed by atoms with E-state index in [0.717, 1.165) is 5.56 Å². The van der Waals surface area contributed by atoms with Gasteiger partial charge in [0.2, 0.25) is 0 Å². The number of carboxylic acids is 1. The normalized spacial score (nSPS) is 13.8. The Labute approximate surface area is 136 Å². The van der Waals surface area contributed by atoms with E-state index in [1.54, 1.807) is 45.0 Å². The molecule has 1 atom stereocenters. The van der Waals surface area contributed by atoms with Gasteiger partial charge in [-0.05, 0) is 52.3 Å². The molecule has 0 aromatic heterocycles. The van der Waals surface area contributed by atoms with Gasteiger partial charge in [-0.3, -0.25) is 0 Å². The van der Waals surface area contributed by atoms with Crippen LogP contribution in [0.2, 0.25) is 0 Å². The van der Waals surface area contributed by atoms with Gasteiger partial charge in [0.05, 0.1) is 6.61 Å². The minimum atomic E-state index is -1.46. The monoisotopic (exact) mass is 323 g/mol. The quantitative estimate of drug-likeness (QED) is 0.840. The van der Waals surface area contributed by atoms with Crippen LogP contribution in [0, 0.1) is 0 Å². The van der Waals surface area contributed by atoms with Crippen molar-refractivity contribution < 1.29 is 24.2 Å². The van der Waals surface area contributed by atoms with E-state index in [4.69, 9.17) is 9.47 Å². The van der Waals surface area contributed by atoms with E-state index in [1.807, 2.05) is 6.92 Å². The number of amides is 1. The van der Waals surface area contributed by atoms with E-state index in [1.165, 1.54) is 6.92 Å². The fraction of sp³-hybridized carbons (Fsp3) is 0.529. The van der Waals surface area contributed by atoms with E-state index in [9.17, 15) is 14.7 Å². The number of hydrogen-bond acceptors (Lipinski definition) is 4. The molecule has 0 aliphatic heterocycles. The lowest BCUT2D eigenvalue weighted by Gasteiger charge is -2.28. The van der Waals surface area contributed by atoms with Crippen LogP contribution in [0.3, 0.4) is 0 Å². The van der Waals surface area contributed by atoms with Crippen molar-refractivity contribution in [2.45, 2.75) is 52.2 Å². The molecule has 0 radical (unpaired) electrons. The first-order chi connectivity index (χ1) is 10.6. The Morgan fingerprint density at radius 1 is 1.13 bits per heavy atom. The number of aliphatic carboxylic acids is 1. The summed E-state index contributed by atoms with van der Waals surface area (Å²) in [6, 6.07) is 7.11. The Kier molecular flexibility index (Phi) is 6.01. The van der Waals surface area contributed by atoms with Gasteiger partial charge >= 0.3 is 12.1 Å². The van der Waals surface area contributed by atoms with Crippen molar-refractivity contribution in [3.8, 4) is 5.75 Å². The van der Waals surface area contributed by atoms with Crippen molar-refractivity contribution in [3.63, 3.8) is 0 Å². The average Bonchev–Trinajstić information content (AvgIpc) is 2.38. The molecule has 0 bridgehead atoms. The second-order valence-electron chi connectivity index (χ2n) is 6.52. The van der Waals surface area contributed by atoms with Crippen LogP contribution in [0.25, 0.3) is 0 Å². The summed E-state index contributed by atoms with van der Waals surface area (Å²) >= 11 is 0. The fourth-order valence-electron chi connectivity index (χ4n) is 1.98. The van der Waals surface area contributed by atoms with Gasteiger partial charge in [-0.15, -0.1) is 0 Å². The van der Waals surface area contributed by atoms with Crippen LogP contribution in [-0.4, -0.2) is 34.9 Å². The SMILES string of the molecule is CCOc1ccc(C[C@](C)(NC(=O)OC(C)(C)C)C(=O)O)cc1. The maximum absolute atomic E-state index is 11.9. The van der Waals surface area contributed by atoms with Gasteiger partial charge in [0, 0.05) is 6.42 Å². The molecule has 0 heterocycles. The lowest BCUT2D eigenvalue weighted by Crippen LogP contribution is -2.54. The zero-order valence-corrected chi connectivity index (χ0v) is 14.3. The van der Waals surface area contributed by atoms with E-state index in [2.05, 4.69) is 5.32 Å². The molecule has 0 saturated heterocycles. The zero-order chi connectivity index (χ0) is 17.7. The lowest BCUT2D eigenvalue weighted by molar-refractivity contribution is -0.144. The minimum absolute atomic E-state index is 0.133. The van der Waals surface area contributed by atoms with E-state index >= 15 is 0 Å². The van der Waals surface area contributed by atoms with Crippen LogP contribution >= 0.6 is 0 Å². The lowest BCUT2D eigenvalue weighted by atomic mass is 9.93. The maximum atomic E-state index is 11.9. The predicted octanol–water partition coefficient (Wildman–Crippen LogP) is 3.00. The highest BCUT2D eigenvalue weighted by Gasteiger charge is 2.36. The number of carboxylic acid groups (broad SMARTS) is 1. The third-order valence-corrected chi connectivity index (χ3v) is 3.04. The smallest absolute Gasteiger partial charge is 0.408 e. The van der Waals surface area contributed by atoms with Crippen LogP contribution in [0.5, 0.6) is 5.75 Å². The molecule has 0 fully saturated rings. The molecule has 0 aliphatic carbocycles. The highest BCUT2D eigenvalue weighted by molar-refractivity contribution is 5.84. The first-order valence-corrected chi connectivity index (χ1v) is 7.52. The minimum Gasteiger partial charge on any atom is -0.494 e. The third-order valence-electron chi connectivity index (χ3n) is 3.04. The Bertz CT molecular complexity index is 547. The molecule has 0 spiro atoms. The topological polar surface area (TPSA) is 84.9 Å². The number of carbonyl (C=O) groups is 2. The van der Waals surface area contributed by atoms with Crippen molar-refractivity contribution >= 4 is 12.1 Å². The average molecular weight is 323 g/mol. The Hall–Kier alpha value is -2.24. The molecule has 128 valence electrons. The summed E-state index contributed by atoms with van der Waals surface area (Å²) in [5.74, 6) is -0.411. The van der Waals surface area contributed by atoms with E-state index < -0.39 is 23.2 Å². The van der Waals surface area contributed by atoms with Gasteiger partial charge in [0.1, 0.15) is 16.9 Å². The van der Waals surface area contributed by atoms with Crippen molar-refractivity contribution in [3.05, 3.63) is 29.8 Å². The molecule has 1 amide bonds. The fourth-order valence-corrected chi connectivity index (χ4v) is 1.98. The molecule has 0 saturated carbocycles. The highest BCUT2D eigenvalue weighted by atomic mass is 16.6. The standard InChI is InChI=1S/C17H25NO5/c1-6-22-13-9-7-12(8-10-13)11-17(5,14(19)20)18-15(21)23-16(2,3)4/h7-10H,6,11H2,1-5H3,(H,18,21)(H,19,20)/t17-/m0/s1. The molecule has 23 heavy (non-hydrogen) atoms. The molecule has 6 heteroatoms. The molecular formula is C17H25NO5. The number of carbonyl (C=O) groups excluding carboxylic acids is 1. The van der Waals surface area contributed by atoms with Gasteiger partial charge in [0.15, 0.2) is 0 Å². The first-order valence-electron chi connectivity index (χ1n) is 7.52. The highest BCUT2D eigenvalue weighted by Crippen LogP contribution is 2.19. The van der Waals surface area contributed by atoms with Gasteiger partial charge < -0.3 is 19.9 Å². The summed E-state index contributed by atoms with van der Waals surface area (Å²) in [5.41, 5.74) is -1.38. The molecule has 0 unspecified atom stereocenters. The number of nitrogens with one attached hydrogen (secondary N) is 1. The Morgan fingerprint density at radius 2 is 1.70 bits per heavy atom. The summed E-state index contributed by atoms with van der Waals surface area (Å²) in [6.07, 6.45) is -0.623. The summed E-state index contributed by atoms with van der Waals surface area (Å²) in [5, 5.41) is 11.9. The van der Waals surface area contributed by atoms with Crippen molar-refractivity contribution in [1.82, 2.24) is 5.32 Å². The van der Waals surface area contributed by atoms with Crippen LogP contribution in [0.4, 0.5) is 4.79 Å². The van der Waals surface area contributed by atoms with Crippen molar-refractivity contribution in [1.29, 1.82) is 0 Å². The van der Waals surface area contributed by atoms with Crippen molar-refractivity contribution in [2.75, 3.05) is 6.61 Å². The Balaban J connectivity index is 2.84. The number of hydrogen-bond donors (Lipinski definition) is 2. The molecule has 1 aromatic rings. The molecule has 1 aromatic carbocycles. The van der Waals surface area contributed by atoms with Gasteiger partial charge in [-0.1, -0.05) is 12.1 Å². The largest absolute Gasteiger partial charge is 0.494 e. The number of rotatable bonds is 6. The predicted molar refractivity (Wildman–Crippen MR) is 86.7 cm³/mol. The molecule has 2 N–H and O–H groups in total. The Morgan fingerprint density at radius 3 is 2.13 bits per heavy atom. The summed E-state index contributed by atoms with van der Waals surface area (Å²) in [7, 11) is 0. The van der Waals surface area contributed by atoms with Gasteiger partial charge in [0.25, 0.3) is 0 Å². The molecule has 1 rings (SSSR count). The van der Waals surface area contributed by atoms with Crippen LogP contribution in [-0.2, 0) is 16.0 Å². The van der Waals surface area contributed by atoms with Crippen LogP contribution in [0.15, 0.2) is 24.3 Å². The molecule has 6 nitrogen and oxygen atoms in total. The van der Waals surface area contributed by atoms with Gasteiger partial charge in [-0.25, -0.2) is 9.59 Å². The van der Waals surface area contributed by atoms with Crippen LogP contribution < -0.4 is 10.1 Å². The molecule has 0 aliphatic rings. The molecular weight excluding hydrogens is 298 g/mol. The summed E-state index contributed by atoms with van der Waals surface area (Å²) < 4.78 is 10.5. The second kappa shape index (κ2) is 7.35. The van der Waals surface area contributed by atoms with Crippen LogP contribution in [0.1, 0.15) is 40.2 Å². The summed E-state index contributed by atoms with van der Waals surface area (Å²) in [4.78, 5) is 23.5. The van der Waals surface area contributed by atoms with Gasteiger partial charge in [-0.2, -0.15) is 0 Å². The number of benzene rings is 1.